The van der Waals surface area contributed by atoms with Crippen LogP contribution in [0.15, 0.2) is 36.7 Å². The van der Waals surface area contributed by atoms with Crippen LogP contribution in [0.4, 0.5) is 10.5 Å². The minimum absolute atomic E-state index is 0.221. The van der Waals surface area contributed by atoms with Crippen LogP contribution in [0.5, 0.6) is 0 Å². The van der Waals surface area contributed by atoms with Gasteiger partial charge in [-0.3, -0.25) is 0 Å². The third-order valence-corrected chi connectivity index (χ3v) is 3.38. The molecule has 2 aromatic rings. The summed E-state index contributed by atoms with van der Waals surface area (Å²) in [4.78, 5) is 11.7. The Morgan fingerprint density at radius 1 is 1.45 bits per heavy atom. The number of rotatable bonds is 6. The lowest BCUT2D eigenvalue weighted by Gasteiger charge is -2.10. The molecular formula is C15H19ClN4O2. The summed E-state index contributed by atoms with van der Waals surface area (Å²) in [5, 5.41) is 19.6. The molecule has 0 saturated carbocycles. The Balaban J connectivity index is 1.92. The number of aromatic nitrogens is 2. The van der Waals surface area contributed by atoms with Gasteiger partial charge in [-0.15, -0.1) is 0 Å². The van der Waals surface area contributed by atoms with Gasteiger partial charge in [0.15, 0.2) is 0 Å². The molecule has 0 aliphatic carbocycles. The van der Waals surface area contributed by atoms with E-state index >= 15 is 0 Å². The maximum atomic E-state index is 11.7. The first-order valence-corrected chi connectivity index (χ1v) is 7.50. The summed E-state index contributed by atoms with van der Waals surface area (Å²) >= 11 is 6.10. The van der Waals surface area contributed by atoms with E-state index in [0.717, 1.165) is 12.1 Å². The fourth-order valence-corrected chi connectivity index (χ4v) is 2.20. The molecule has 2 rings (SSSR count). The lowest BCUT2D eigenvalue weighted by Crippen LogP contribution is -2.35. The largest absolute Gasteiger partial charge is 0.391 e. The van der Waals surface area contributed by atoms with Crippen LogP contribution in [0.1, 0.15) is 19.8 Å². The van der Waals surface area contributed by atoms with E-state index in [2.05, 4.69) is 15.7 Å². The Morgan fingerprint density at radius 2 is 2.23 bits per heavy atom. The Labute approximate surface area is 134 Å². The summed E-state index contributed by atoms with van der Waals surface area (Å²) in [5.74, 6) is 0. The number of urea groups is 1. The highest BCUT2D eigenvalue weighted by molar-refractivity contribution is 6.32. The van der Waals surface area contributed by atoms with E-state index in [1.165, 1.54) is 6.20 Å². The van der Waals surface area contributed by atoms with E-state index in [4.69, 9.17) is 11.6 Å². The number of amides is 2. The smallest absolute Gasteiger partial charge is 0.319 e. The molecule has 6 nitrogen and oxygen atoms in total. The van der Waals surface area contributed by atoms with E-state index < -0.39 is 6.10 Å². The van der Waals surface area contributed by atoms with Crippen molar-refractivity contribution >= 4 is 23.3 Å². The van der Waals surface area contributed by atoms with Crippen molar-refractivity contribution in [2.75, 3.05) is 11.9 Å². The summed E-state index contributed by atoms with van der Waals surface area (Å²) in [7, 11) is 0. The molecular weight excluding hydrogens is 304 g/mol. The van der Waals surface area contributed by atoms with Crippen molar-refractivity contribution in [3.05, 3.63) is 41.7 Å². The first kappa shape index (κ1) is 16.3. The topological polar surface area (TPSA) is 79.2 Å². The highest BCUT2D eigenvalue weighted by Crippen LogP contribution is 2.20. The van der Waals surface area contributed by atoms with E-state index in [1.807, 2.05) is 25.1 Å². The highest BCUT2D eigenvalue weighted by Gasteiger charge is 2.09. The first-order chi connectivity index (χ1) is 10.6. The number of benzene rings is 1. The van der Waals surface area contributed by atoms with Gasteiger partial charge in [0, 0.05) is 6.54 Å². The molecule has 118 valence electrons. The number of carbonyl (C=O) groups excluding carboxylic acids is 1. The molecule has 0 aliphatic heterocycles. The molecule has 0 fully saturated rings. The fourth-order valence-electron chi connectivity index (χ4n) is 1.98. The second-order valence-electron chi connectivity index (χ2n) is 4.90. The zero-order valence-corrected chi connectivity index (χ0v) is 13.0. The molecule has 1 heterocycles. The average molecular weight is 323 g/mol. The predicted molar refractivity (Wildman–Crippen MR) is 86.5 cm³/mol. The molecule has 0 bridgehead atoms. The van der Waals surface area contributed by atoms with Crippen LogP contribution < -0.4 is 10.6 Å². The number of hydrogen-bond donors (Lipinski definition) is 3. The van der Waals surface area contributed by atoms with Gasteiger partial charge in [0.25, 0.3) is 0 Å². The van der Waals surface area contributed by atoms with Crippen molar-refractivity contribution in [2.45, 2.75) is 25.9 Å². The zero-order chi connectivity index (χ0) is 15.9. The van der Waals surface area contributed by atoms with Crippen molar-refractivity contribution in [1.29, 1.82) is 0 Å². The lowest BCUT2D eigenvalue weighted by atomic mass is 10.2. The Morgan fingerprint density at radius 3 is 2.95 bits per heavy atom. The van der Waals surface area contributed by atoms with Crippen LogP contribution in [-0.4, -0.2) is 33.6 Å². The number of hydrogen-bond acceptors (Lipinski definition) is 3. The molecule has 7 heteroatoms. The van der Waals surface area contributed by atoms with Gasteiger partial charge < -0.3 is 15.7 Å². The molecule has 3 N–H and O–H groups in total. The van der Waals surface area contributed by atoms with E-state index in [0.29, 0.717) is 17.1 Å². The van der Waals surface area contributed by atoms with Crippen molar-refractivity contribution in [1.82, 2.24) is 15.1 Å². The number of halogens is 1. The maximum Gasteiger partial charge on any atom is 0.319 e. The number of para-hydroxylation sites is 1. The fraction of sp³-hybridized carbons (Fsp3) is 0.333. The quantitative estimate of drug-likeness (QED) is 0.765. The summed E-state index contributed by atoms with van der Waals surface area (Å²) in [6.07, 6.45) is 4.20. The lowest BCUT2D eigenvalue weighted by molar-refractivity contribution is 0.162. The number of carbonyl (C=O) groups is 1. The van der Waals surface area contributed by atoms with Gasteiger partial charge in [0.1, 0.15) is 0 Å². The van der Waals surface area contributed by atoms with Crippen LogP contribution in [0, 0.1) is 0 Å². The molecule has 1 aromatic carbocycles. The summed E-state index contributed by atoms with van der Waals surface area (Å²) < 4.78 is 1.59. The van der Waals surface area contributed by atoms with Crippen LogP contribution in [0.2, 0.25) is 5.02 Å². The van der Waals surface area contributed by atoms with Gasteiger partial charge in [0.05, 0.1) is 34.9 Å². The monoisotopic (exact) mass is 322 g/mol. The Hall–Kier alpha value is -2.05. The van der Waals surface area contributed by atoms with Crippen molar-refractivity contribution in [3.63, 3.8) is 0 Å². The van der Waals surface area contributed by atoms with E-state index in [9.17, 15) is 9.90 Å². The Bertz CT molecular complexity index is 630. The first-order valence-electron chi connectivity index (χ1n) is 7.12. The molecule has 1 atom stereocenters. The SMILES string of the molecule is CCCC(O)CNC(=O)Nc1cnn(-c2ccccc2Cl)c1. The van der Waals surface area contributed by atoms with E-state index in [-0.39, 0.29) is 12.6 Å². The summed E-state index contributed by atoms with van der Waals surface area (Å²) in [5.41, 5.74) is 1.28. The normalized spacial score (nSPS) is 12.0. The minimum Gasteiger partial charge on any atom is -0.391 e. The molecule has 0 saturated heterocycles. The molecule has 0 radical (unpaired) electrons. The molecule has 22 heavy (non-hydrogen) atoms. The van der Waals surface area contributed by atoms with Gasteiger partial charge in [-0.05, 0) is 18.6 Å². The van der Waals surface area contributed by atoms with Crippen molar-refractivity contribution in [2.24, 2.45) is 0 Å². The number of aliphatic hydroxyl groups is 1. The van der Waals surface area contributed by atoms with E-state index in [1.54, 1.807) is 16.9 Å². The number of aliphatic hydroxyl groups excluding tert-OH is 1. The third-order valence-electron chi connectivity index (χ3n) is 3.06. The highest BCUT2D eigenvalue weighted by atomic mass is 35.5. The third kappa shape index (κ3) is 4.47. The molecule has 2 amide bonds. The van der Waals surface area contributed by atoms with Crippen LogP contribution in [0.25, 0.3) is 5.69 Å². The number of nitrogens with one attached hydrogen (secondary N) is 2. The molecule has 0 spiro atoms. The number of nitrogens with zero attached hydrogens (tertiary/aromatic N) is 2. The molecule has 1 aromatic heterocycles. The summed E-state index contributed by atoms with van der Waals surface area (Å²) in [6.45, 7) is 2.20. The average Bonchev–Trinajstić information content (AvgIpc) is 2.94. The van der Waals surface area contributed by atoms with Crippen LogP contribution >= 0.6 is 11.6 Å². The van der Waals surface area contributed by atoms with Gasteiger partial charge >= 0.3 is 6.03 Å². The minimum atomic E-state index is -0.526. The van der Waals surface area contributed by atoms with Crippen LogP contribution in [0.3, 0.4) is 0 Å². The van der Waals surface area contributed by atoms with Gasteiger partial charge in [-0.1, -0.05) is 37.1 Å². The van der Waals surface area contributed by atoms with Gasteiger partial charge in [0.2, 0.25) is 0 Å². The van der Waals surface area contributed by atoms with Gasteiger partial charge in [-0.25, -0.2) is 9.48 Å². The second-order valence-corrected chi connectivity index (χ2v) is 5.31. The van der Waals surface area contributed by atoms with Crippen molar-refractivity contribution in [3.8, 4) is 5.69 Å². The second kappa shape index (κ2) is 7.82. The predicted octanol–water partition coefficient (Wildman–Crippen LogP) is 2.81. The molecule has 0 aliphatic rings. The van der Waals surface area contributed by atoms with Crippen molar-refractivity contribution < 1.29 is 9.90 Å². The van der Waals surface area contributed by atoms with Gasteiger partial charge in [-0.2, -0.15) is 5.10 Å². The standard InChI is InChI=1S/C15H19ClN4O2/c1-2-5-12(21)9-17-15(22)19-11-8-18-20(10-11)14-7-4-3-6-13(14)16/h3-4,6-8,10,12,21H,2,5,9H2,1H3,(H2,17,19,22). The summed E-state index contributed by atoms with van der Waals surface area (Å²) in [6, 6.07) is 6.92. The number of anilines is 1. The van der Waals surface area contributed by atoms with Crippen LogP contribution in [-0.2, 0) is 0 Å². The zero-order valence-electron chi connectivity index (χ0n) is 12.3. The maximum absolute atomic E-state index is 11.7. The molecule has 1 unspecified atom stereocenters. The Kier molecular flexibility index (Phi) is 5.80.